The van der Waals surface area contributed by atoms with Crippen LogP contribution < -0.4 is 0 Å². The standard InChI is InChI=1S/C10H11N3O2/c1-13-8(7-5-11-6-12-7)3-4-9(13)10(14)15-2/h3-6H,1-2H3,(H,11,12). The number of methoxy groups -OCH3 is 1. The smallest absolute Gasteiger partial charge is 0.354 e. The quantitative estimate of drug-likeness (QED) is 0.749. The summed E-state index contributed by atoms with van der Waals surface area (Å²) >= 11 is 0. The molecule has 2 aromatic heterocycles. The molecule has 0 spiro atoms. The lowest BCUT2D eigenvalue weighted by Crippen LogP contribution is -2.08. The van der Waals surface area contributed by atoms with Gasteiger partial charge in [-0.3, -0.25) is 0 Å². The molecule has 0 aromatic carbocycles. The fraction of sp³-hybridized carbons (Fsp3) is 0.200. The van der Waals surface area contributed by atoms with Gasteiger partial charge in [0.05, 0.1) is 31.0 Å². The van der Waals surface area contributed by atoms with Gasteiger partial charge in [-0.05, 0) is 12.1 Å². The number of aromatic amines is 1. The lowest BCUT2D eigenvalue weighted by Gasteiger charge is -2.04. The summed E-state index contributed by atoms with van der Waals surface area (Å²) in [5.74, 6) is -0.344. The second kappa shape index (κ2) is 3.61. The summed E-state index contributed by atoms with van der Waals surface area (Å²) in [6.07, 6.45) is 3.30. The van der Waals surface area contributed by atoms with E-state index in [0.717, 1.165) is 11.4 Å². The Morgan fingerprint density at radius 3 is 2.93 bits per heavy atom. The Labute approximate surface area is 86.7 Å². The van der Waals surface area contributed by atoms with E-state index in [-0.39, 0.29) is 5.97 Å². The number of carbonyl (C=O) groups is 1. The van der Waals surface area contributed by atoms with Gasteiger partial charge in [0.2, 0.25) is 0 Å². The van der Waals surface area contributed by atoms with Gasteiger partial charge in [-0.25, -0.2) is 9.78 Å². The first kappa shape index (κ1) is 9.51. The van der Waals surface area contributed by atoms with Crippen molar-refractivity contribution in [1.29, 1.82) is 0 Å². The van der Waals surface area contributed by atoms with Crippen LogP contribution in [-0.2, 0) is 11.8 Å². The van der Waals surface area contributed by atoms with Crippen LogP contribution in [0.4, 0.5) is 0 Å². The normalized spacial score (nSPS) is 10.3. The second-order valence-corrected chi connectivity index (χ2v) is 3.12. The third kappa shape index (κ3) is 1.52. The highest BCUT2D eigenvalue weighted by molar-refractivity contribution is 5.88. The minimum absolute atomic E-state index is 0.344. The van der Waals surface area contributed by atoms with Gasteiger partial charge in [-0.15, -0.1) is 0 Å². The lowest BCUT2D eigenvalue weighted by atomic mass is 10.3. The molecule has 0 atom stereocenters. The number of carbonyl (C=O) groups excluding carboxylic acids is 1. The van der Waals surface area contributed by atoms with Gasteiger partial charge >= 0.3 is 5.97 Å². The third-order valence-electron chi connectivity index (χ3n) is 2.29. The van der Waals surface area contributed by atoms with Crippen molar-refractivity contribution in [2.45, 2.75) is 0 Å². The number of aromatic nitrogens is 3. The van der Waals surface area contributed by atoms with Gasteiger partial charge < -0.3 is 14.3 Å². The number of ether oxygens (including phenoxy) is 1. The van der Waals surface area contributed by atoms with E-state index >= 15 is 0 Å². The third-order valence-corrected chi connectivity index (χ3v) is 2.29. The first-order valence-electron chi connectivity index (χ1n) is 4.47. The molecule has 0 saturated carbocycles. The van der Waals surface area contributed by atoms with Crippen LogP contribution in [-0.4, -0.2) is 27.6 Å². The van der Waals surface area contributed by atoms with Crippen molar-refractivity contribution in [2.24, 2.45) is 7.05 Å². The molecule has 0 aliphatic carbocycles. The number of H-pyrrole nitrogens is 1. The van der Waals surface area contributed by atoms with E-state index in [4.69, 9.17) is 0 Å². The van der Waals surface area contributed by atoms with E-state index in [2.05, 4.69) is 14.7 Å². The van der Waals surface area contributed by atoms with E-state index in [0.29, 0.717) is 5.69 Å². The minimum atomic E-state index is -0.344. The molecule has 0 aliphatic heterocycles. The highest BCUT2D eigenvalue weighted by atomic mass is 16.5. The Kier molecular flexibility index (Phi) is 2.29. The van der Waals surface area contributed by atoms with E-state index in [9.17, 15) is 4.79 Å². The topological polar surface area (TPSA) is 59.9 Å². The summed E-state index contributed by atoms with van der Waals surface area (Å²) in [4.78, 5) is 18.3. The van der Waals surface area contributed by atoms with Gasteiger partial charge in [-0.1, -0.05) is 0 Å². The number of hydrogen-bond acceptors (Lipinski definition) is 3. The average Bonchev–Trinajstić information content (AvgIpc) is 2.85. The van der Waals surface area contributed by atoms with Crippen molar-refractivity contribution in [2.75, 3.05) is 7.11 Å². The molecule has 78 valence electrons. The Morgan fingerprint density at radius 2 is 2.33 bits per heavy atom. The van der Waals surface area contributed by atoms with Crippen LogP contribution in [0.2, 0.25) is 0 Å². The zero-order chi connectivity index (χ0) is 10.8. The molecule has 0 saturated heterocycles. The molecule has 0 radical (unpaired) electrons. The van der Waals surface area contributed by atoms with E-state index < -0.39 is 0 Å². The Balaban J connectivity index is 2.45. The van der Waals surface area contributed by atoms with Crippen molar-refractivity contribution in [3.63, 3.8) is 0 Å². The molecule has 0 amide bonds. The molecular formula is C10H11N3O2. The molecular weight excluding hydrogens is 194 g/mol. The number of nitrogens with one attached hydrogen (secondary N) is 1. The van der Waals surface area contributed by atoms with Crippen LogP contribution in [0.3, 0.4) is 0 Å². The molecule has 0 aliphatic rings. The second-order valence-electron chi connectivity index (χ2n) is 3.12. The molecule has 5 heteroatoms. The molecule has 0 fully saturated rings. The zero-order valence-corrected chi connectivity index (χ0v) is 8.52. The summed E-state index contributed by atoms with van der Waals surface area (Å²) in [7, 11) is 3.17. The zero-order valence-electron chi connectivity index (χ0n) is 8.52. The molecule has 0 unspecified atom stereocenters. The minimum Gasteiger partial charge on any atom is -0.464 e. The van der Waals surface area contributed by atoms with Crippen LogP contribution in [0, 0.1) is 0 Å². The number of imidazole rings is 1. The molecule has 2 rings (SSSR count). The Hall–Kier alpha value is -2.04. The first-order valence-corrected chi connectivity index (χ1v) is 4.47. The van der Waals surface area contributed by atoms with Gasteiger partial charge in [0, 0.05) is 7.05 Å². The number of nitrogens with zero attached hydrogens (tertiary/aromatic N) is 2. The molecule has 2 heterocycles. The average molecular weight is 205 g/mol. The SMILES string of the molecule is COC(=O)c1ccc(-c2cnc[nH]2)n1C. The van der Waals surface area contributed by atoms with E-state index in [1.807, 2.05) is 13.1 Å². The van der Waals surface area contributed by atoms with Gasteiger partial charge in [0.15, 0.2) is 0 Å². The first-order chi connectivity index (χ1) is 7.24. The molecule has 5 nitrogen and oxygen atoms in total. The number of hydrogen-bond donors (Lipinski definition) is 1. The Bertz CT molecular complexity index is 471. The number of rotatable bonds is 2. The highest BCUT2D eigenvalue weighted by Gasteiger charge is 2.13. The van der Waals surface area contributed by atoms with Crippen LogP contribution in [0.1, 0.15) is 10.5 Å². The van der Waals surface area contributed by atoms with Gasteiger partial charge in [0.1, 0.15) is 5.69 Å². The monoisotopic (exact) mass is 205 g/mol. The molecule has 15 heavy (non-hydrogen) atoms. The largest absolute Gasteiger partial charge is 0.464 e. The predicted molar refractivity (Wildman–Crippen MR) is 54.3 cm³/mol. The van der Waals surface area contributed by atoms with Crippen molar-refractivity contribution in [1.82, 2.24) is 14.5 Å². The Morgan fingerprint density at radius 1 is 1.53 bits per heavy atom. The summed E-state index contributed by atoms with van der Waals surface area (Å²) < 4.78 is 6.43. The van der Waals surface area contributed by atoms with Gasteiger partial charge in [0.25, 0.3) is 0 Å². The fourth-order valence-electron chi connectivity index (χ4n) is 1.49. The van der Waals surface area contributed by atoms with Crippen LogP contribution in [0.5, 0.6) is 0 Å². The van der Waals surface area contributed by atoms with Crippen molar-refractivity contribution >= 4 is 5.97 Å². The number of esters is 1. The summed E-state index contributed by atoms with van der Waals surface area (Å²) in [5.41, 5.74) is 2.28. The van der Waals surface area contributed by atoms with Crippen molar-refractivity contribution < 1.29 is 9.53 Å². The highest BCUT2D eigenvalue weighted by Crippen LogP contribution is 2.18. The predicted octanol–water partition coefficient (Wildman–Crippen LogP) is 1.20. The summed E-state index contributed by atoms with van der Waals surface area (Å²) in [6, 6.07) is 3.57. The van der Waals surface area contributed by atoms with Crippen LogP contribution in [0.15, 0.2) is 24.7 Å². The molecule has 1 N–H and O–H groups in total. The summed E-state index contributed by atoms with van der Waals surface area (Å²) in [5, 5.41) is 0. The lowest BCUT2D eigenvalue weighted by molar-refractivity contribution is 0.0590. The molecule has 0 bridgehead atoms. The maximum Gasteiger partial charge on any atom is 0.354 e. The maximum atomic E-state index is 11.3. The van der Waals surface area contributed by atoms with E-state index in [1.165, 1.54) is 7.11 Å². The molecule has 2 aromatic rings. The van der Waals surface area contributed by atoms with Crippen molar-refractivity contribution in [3.05, 3.63) is 30.4 Å². The maximum absolute atomic E-state index is 11.3. The summed E-state index contributed by atoms with van der Waals surface area (Å²) in [6.45, 7) is 0. The van der Waals surface area contributed by atoms with Crippen LogP contribution in [0.25, 0.3) is 11.4 Å². The van der Waals surface area contributed by atoms with Gasteiger partial charge in [-0.2, -0.15) is 0 Å². The van der Waals surface area contributed by atoms with Crippen LogP contribution >= 0.6 is 0 Å². The van der Waals surface area contributed by atoms with E-state index in [1.54, 1.807) is 23.2 Å². The van der Waals surface area contributed by atoms with Crippen molar-refractivity contribution in [3.8, 4) is 11.4 Å². The fourth-order valence-corrected chi connectivity index (χ4v) is 1.49.